The fraction of sp³-hybridized carbons (Fsp3) is 0.409. The number of hydrogen-bond donors (Lipinski definition) is 1. The van der Waals surface area contributed by atoms with Crippen molar-refractivity contribution in [1.29, 1.82) is 0 Å². The van der Waals surface area contributed by atoms with Gasteiger partial charge in [0.05, 0.1) is 0 Å². The molecule has 3 rings (SSSR count). The SMILES string of the molecule is C[C@H](CCc1ccccc1)NC(=O)c1ccc(CN2CCCC2)cc1. The van der Waals surface area contributed by atoms with Gasteiger partial charge in [-0.3, -0.25) is 9.69 Å². The van der Waals surface area contributed by atoms with Crippen molar-refractivity contribution in [3.8, 4) is 0 Å². The zero-order valence-electron chi connectivity index (χ0n) is 15.1. The molecule has 25 heavy (non-hydrogen) atoms. The second-order valence-electron chi connectivity index (χ2n) is 7.08. The Bertz CT molecular complexity index is 660. The Morgan fingerprint density at radius 1 is 1.00 bits per heavy atom. The Labute approximate surface area is 151 Å². The van der Waals surface area contributed by atoms with Crippen LogP contribution >= 0.6 is 0 Å². The topological polar surface area (TPSA) is 32.3 Å². The van der Waals surface area contributed by atoms with E-state index in [1.165, 1.54) is 37.1 Å². The molecule has 1 fully saturated rings. The molecule has 1 N–H and O–H groups in total. The molecule has 0 unspecified atom stereocenters. The molecule has 1 saturated heterocycles. The summed E-state index contributed by atoms with van der Waals surface area (Å²) in [7, 11) is 0. The number of nitrogens with one attached hydrogen (secondary N) is 1. The first-order valence-corrected chi connectivity index (χ1v) is 9.37. The molecule has 0 aliphatic carbocycles. The zero-order chi connectivity index (χ0) is 17.5. The van der Waals surface area contributed by atoms with Crippen LogP contribution in [-0.4, -0.2) is 29.9 Å². The maximum atomic E-state index is 12.4. The molecule has 0 aromatic heterocycles. The van der Waals surface area contributed by atoms with Gasteiger partial charge in [0, 0.05) is 18.2 Å². The summed E-state index contributed by atoms with van der Waals surface area (Å²) >= 11 is 0. The van der Waals surface area contributed by atoms with Gasteiger partial charge in [-0.1, -0.05) is 42.5 Å². The molecule has 1 heterocycles. The highest BCUT2D eigenvalue weighted by Gasteiger charge is 2.13. The first-order chi connectivity index (χ1) is 12.2. The van der Waals surface area contributed by atoms with Gasteiger partial charge in [-0.25, -0.2) is 0 Å². The number of aryl methyl sites for hydroxylation is 1. The number of amides is 1. The molecule has 1 aliphatic heterocycles. The van der Waals surface area contributed by atoms with Gasteiger partial charge in [-0.05, 0) is 69.0 Å². The van der Waals surface area contributed by atoms with Crippen molar-refractivity contribution in [2.75, 3.05) is 13.1 Å². The third-order valence-corrected chi connectivity index (χ3v) is 4.91. The highest BCUT2D eigenvalue weighted by molar-refractivity contribution is 5.94. The van der Waals surface area contributed by atoms with Crippen LogP contribution in [0.5, 0.6) is 0 Å². The van der Waals surface area contributed by atoms with E-state index in [9.17, 15) is 4.79 Å². The Hall–Kier alpha value is -2.13. The highest BCUT2D eigenvalue weighted by Crippen LogP contribution is 2.13. The first kappa shape index (κ1) is 17.7. The fourth-order valence-corrected chi connectivity index (χ4v) is 3.37. The van der Waals surface area contributed by atoms with E-state index < -0.39 is 0 Å². The van der Waals surface area contributed by atoms with Gasteiger partial charge in [-0.15, -0.1) is 0 Å². The third kappa shape index (κ3) is 5.43. The van der Waals surface area contributed by atoms with E-state index in [2.05, 4.69) is 53.5 Å². The summed E-state index contributed by atoms with van der Waals surface area (Å²) in [4.78, 5) is 14.9. The minimum absolute atomic E-state index is 0.0216. The van der Waals surface area contributed by atoms with Gasteiger partial charge in [0.15, 0.2) is 0 Å². The summed E-state index contributed by atoms with van der Waals surface area (Å²) in [5.74, 6) is 0.0216. The lowest BCUT2D eigenvalue weighted by atomic mass is 10.1. The lowest BCUT2D eigenvalue weighted by molar-refractivity contribution is 0.0938. The Kier molecular flexibility index (Phi) is 6.24. The molecule has 1 aliphatic rings. The van der Waals surface area contributed by atoms with E-state index in [1.807, 2.05) is 18.2 Å². The summed E-state index contributed by atoms with van der Waals surface area (Å²) in [5, 5.41) is 3.11. The number of carbonyl (C=O) groups excluding carboxylic acids is 1. The van der Waals surface area contributed by atoms with Crippen LogP contribution in [0.4, 0.5) is 0 Å². The van der Waals surface area contributed by atoms with Crippen molar-refractivity contribution >= 4 is 5.91 Å². The predicted molar refractivity (Wildman–Crippen MR) is 103 cm³/mol. The van der Waals surface area contributed by atoms with Crippen LogP contribution in [0.1, 0.15) is 47.7 Å². The number of rotatable bonds is 7. The molecule has 1 amide bonds. The highest BCUT2D eigenvalue weighted by atomic mass is 16.1. The summed E-state index contributed by atoms with van der Waals surface area (Å²) in [6, 6.07) is 18.6. The predicted octanol–water partition coefficient (Wildman–Crippen LogP) is 4.03. The molecule has 0 spiro atoms. The standard InChI is InChI=1S/C22H28N2O/c1-18(9-10-19-7-3-2-4-8-19)23-22(25)21-13-11-20(12-14-21)17-24-15-5-6-16-24/h2-4,7-8,11-14,18H,5-6,9-10,15-17H2,1H3,(H,23,25)/t18-/m1/s1. The second-order valence-corrected chi connectivity index (χ2v) is 7.08. The summed E-state index contributed by atoms with van der Waals surface area (Å²) in [5.41, 5.74) is 3.35. The van der Waals surface area contributed by atoms with Crippen LogP contribution in [0, 0.1) is 0 Å². The molecule has 3 nitrogen and oxygen atoms in total. The van der Waals surface area contributed by atoms with Crippen molar-refractivity contribution in [3.05, 3.63) is 71.3 Å². The molecule has 132 valence electrons. The lowest BCUT2D eigenvalue weighted by Crippen LogP contribution is -2.32. The fourth-order valence-electron chi connectivity index (χ4n) is 3.37. The van der Waals surface area contributed by atoms with Crippen LogP contribution in [0.15, 0.2) is 54.6 Å². The molecule has 2 aromatic rings. The van der Waals surface area contributed by atoms with Crippen molar-refractivity contribution in [2.45, 2.75) is 45.2 Å². The smallest absolute Gasteiger partial charge is 0.251 e. The largest absolute Gasteiger partial charge is 0.350 e. The molecule has 0 radical (unpaired) electrons. The van der Waals surface area contributed by atoms with E-state index >= 15 is 0 Å². The normalized spacial score (nSPS) is 15.9. The maximum Gasteiger partial charge on any atom is 0.251 e. The molecular formula is C22H28N2O. The van der Waals surface area contributed by atoms with Gasteiger partial charge in [-0.2, -0.15) is 0 Å². The molecular weight excluding hydrogens is 308 g/mol. The van der Waals surface area contributed by atoms with Gasteiger partial charge < -0.3 is 5.32 Å². The van der Waals surface area contributed by atoms with Gasteiger partial charge >= 0.3 is 0 Å². The maximum absolute atomic E-state index is 12.4. The lowest BCUT2D eigenvalue weighted by Gasteiger charge is -2.16. The monoisotopic (exact) mass is 336 g/mol. The van der Waals surface area contributed by atoms with Crippen LogP contribution in [-0.2, 0) is 13.0 Å². The minimum Gasteiger partial charge on any atom is -0.350 e. The summed E-state index contributed by atoms with van der Waals surface area (Å²) in [6.45, 7) is 5.46. The van der Waals surface area contributed by atoms with Crippen molar-refractivity contribution in [1.82, 2.24) is 10.2 Å². The van der Waals surface area contributed by atoms with E-state index in [0.29, 0.717) is 0 Å². The Morgan fingerprint density at radius 2 is 1.68 bits per heavy atom. The molecule has 0 bridgehead atoms. The van der Waals surface area contributed by atoms with E-state index in [1.54, 1.807) is 0 Å². The quantitative estimate of drug-likeness (QED) is 0.828. The Balaban J connectivity index is 1.46. The van der Waals surface area contributed by atoms with Gasteiger partial charge in [0.1, 0.15) is 0 Å². The first-order valence-electron chi connectivity index (χ1n) is 9.37. The van der Waals surface area contributed by atoms with Crippen LogP contribution < -0.4 is 5.32 Å². The van der Waals surface area contributed by atoms with Crippen LogP contribution in [0.25, 0.3) is 0 Å². The van der Waals surface area contributed by atoms with Gasteiger partial charge in [0.2, 0.25) is 0 Å². The Morgan fingerprint density at radius 3 is 2.36 bits per heavy atom. The molecule has 1 atom stereocenters. The molecule has 2 aromatic carbocycles. The number of likely N-dealkylation sites (tertiary alicyclic amines) is 1. The molecule has 3 heteroatoms. The van der Waals surface area contributed by atoms with Crippen molar-refractivity contribution in [2.24, 2.45) is 0 Å². The number of nitrogens with zero attached hydrogens (tertiary/aromatic N) is 1. The van der Waals surface area contributed by atoms with E-state index in [4.69, 9.17) is 0 Å². The second kappa shape index (κ2) is 8.82. The van der Waals surface area contributed by atoms with E-state index in [0.717, 1.165) is 24.9 Å². The van der Waals surface area contributed by atoms with Gasteiger partial charge in [0.25, 0.3) is 5.91 Å². The average molecular weight is 336 g/mol. The zero-order valence-corrected chi connectivity index (χ0v) is 15.1. The van der Waals surface area contributed by atoms with Crippen molar-refractivity contribution < 1.29 is 4.79 Å². The summed E-state index contributed by atoms with van der Waals surface area (Å²) in [6.07, 6.45) is 4.54. The van der Waals surface area contributed by atoms with E-state index in [-0.39, 0.29) is 11.9 Å². The average Bonchev–Trinajstić information content (AvgIpc) is 3.14. The third-order valence-electron chi connectivity index (χ3n) is 4.91. The summed E-state index contributed by atoms with van der Waals surface area (Å²) < 4.78 is 0. The van der Waals surface area contributed by atoms with Crippen molar-refractivity contribution in [3.63, 3.8) is 0 Å². The number of carbonyl (C=O) groups is 1. The van der Waals surface area contributed by atoms with Crippen LogP contribution in [0.2, 0.25) is 0 Å². The number of hydrogen-bond acceptors (Lipinski definition) is 2. The number of benzene rings is 2. The molecule has 0 saturated carbocycles. The minimum atomic E-state index is 0.0216. The van der Waals surface area contributed by atoms with Crippen LogP contribution in [0.3, 0.4) is 0 Å².